The van der Waals surface area contributed by atoms with Crippen LogP contribution in [0.3, 0.4) is 0 Å². The van der Waals surface area contributed by atoms with Crippen LogP contribution in [0.15, 0.2) is 12.2 Å². The molecule has 0 aromatic heterocycles. The minimum absolute atomic E-state index is 0.0918. The van der Waals surface area contributed by atoms with Crippen molar-refractivity contribution in [2.75, 3.05) is 13.2 Å². The second-order valence-electron chi connectivity index (χ2n) is 6.69. The molecule has 0 aliphatic carbocycles. The van der Waals surface area contributed by atoms with Crippen LogP contribution >= 0.6 is 0 Å². The summed E-state index contributed by atoms with van der Waals surface area (Å²) >= 11 is 0. The molecule has 0 rings (SSSR count). The van der Waals surface area contributed by atoms with Crippen molar-refractivity contribution in [2.24, 2.45) is 0 Å². The van der Waals surface area contributed by atoms with Gasteiger partial charge in [-0.2, -0.15) is 0 Å². The zero-order chi connectivity index (χ0) is 17.4. The largest absolute Gasteiger partial charge is 0.463 e. The summed E-state index contributed by atoms with van der Waals surface area (Å²) in [5, 5.41) is 0.0918. The maximum atomic E-state index is 11.3. The van der Waals surface area contributed by atoms with E-state index in [0.717, 1.165) is 0 Å². The maximum Gasteiger partial charge on any atom is 0.330 e. The summed E-state index contributed by atoms with van der Waals surface area (Å²) in [6.45, 7) is 14.5. The van der Waals surface area contributed by atoms with Crippen LogP contribution in [0.1, 0.15) is 41.0 Å². The SMILES string of the molecule is CCOC(=O)/C=C/CC(CO[Si](C)(C)C(C)(C)C)OC(C)=O. The van der Waals surface area contributed by atoms with Gasteiger partial charge in [-0.05, 0) is 25.1 Å². The first-order valence-corrected chi connectivity index (χ1v) is 10.5. The number of rotatable bonds is 8. The fourth-order valence-electron chi connectivity index (χ4n) is 1.41. The standard InChI is InChI=1S/C16H30O5Si/c1-8-19-15(18)11-9-10-14(21-13(2)17)12-20-22(6,7)16(3,4)5/h9,11,14H,8,10,12H2,1-7H3/b11-9+. The Morgan fingerprint density at radius 3 is 2.27 bits per heavy atom. The zero-order valence-electron chi connectivity index (χ0n) is 14.9. The molecule has 22 heavy (non-hydrogen) atoms. The van der Waals surface area contributed by atoms with Crippen LogP contribution in [0.25, 0.3) is 0 Å². The van der Waals surface area contributed by atoms with Gasteiger partial charge in [-0.3, -0.25) is 4.79 Å². The Morgan fingerprint density at radius 1 is 1.23 bits per heavy atom. The number of carbonyl (C=O) groups excluding carboxylic acids is 2. The summed E-state index contributed by atoms with van der Waals surface area (Å²) in [5.74, 6) is -0.747. The molecule has 0 aliphatic rings. The van der Waals surface area contributed by atoms with Crippen LogP contribution in [0.4, 0.5) is 0 Å². The third-order valence-electron chi connectivity index (χ3n) is 3.71. The van der Waals surface area contributed by atoms with Gasteiger partial charge in [0.25, 0.3) is 0 Å². The van der Waals surface area contributed by atoms with Crippen molar-refractivity contribution in [1.29, 1.82) is 0 Å². The van der Waals surface area contributed by atoms with Crippen molar-refractivity contribution in [2.45, 2.75) is 65.3 Å². The molecule has 0 saturated heterocycles. The highest BCUT2D eigenvalue weighted by molar-refractivity contribution is 6.74. The molecule has 0 aromatic rings. The molecule has 0 N–H and O–H groups in total. The third-order valence-corrected chi connectivity index (χ3v) is 8.21. The van der Waals surface area contributed by atoms with Crippen molar-refractivity contribution in [3.63, 3.8) is 0 Å². The average molecular weight is 330 g/mol. The monoisotopic (exact) mass is 330 g/mol. The van der Waals surface area contributed by atoms with Crippen LogP contribution in [0.2, 0.25) is 18.1 Å². The summed E-state index contributed by atoms with van der Waals surface area (Å²) < 4.78 is 16.1. The molecule has 0 saturated carbocycles. The van der Waals surface area contributed by atoms with Gasteiger partial charge >= 0.3 is 11.9 Å². The fraction of sp³-hybridized carbons (Fsp3) is 0.750. The summed E-state index contributed by atoms with van der Waals surface area (Å²) in [6, 6.07) is 0. The topological polar surface area (TPSA) is 61.8 Å². The van der Waals surface area contributed by atoms with E-state index < -0.39 is 20.4 Å². The molecule has 128 valence electrons. The van der Waals surface area contributed by atoms with E-state index in [9.17, 15) is 9.59 Å². The molecule has 0 amide bonds. The molecular weight excluding hydrogens is 300 g/mol. The van der Waals surface area contributed by atoms with Crippen molar-refractivity contribution < 1.29 is 23.5 Å². The van der Waals surface area contributed by atoms with Gasteiger partial charge in [0.05, 0.1) is 13.2 Å². The predicted octanol–water partition coefficient (Wildman–Crippen LogP) is 3.45. The minimum atomic E-state index is -1.90. The van der Waals surface area contributed by atoms with E-state index in [-0.39, 0.29) is 11.0 Å². The van der Waals surface area contributed by atoms with Gasteiger partial charge in [0.2, 0.25) is 0 Å². The molecule has 1 atom stereocenters. The smallest absolute Gasteiger partial charge is 0.330 e. The van der Waals surface area contributed by atoms with Gasteiger partial charge in [0.1, 0.15) is 6.10 Å². The molecule has 0 spiro atoms. The van der Waals surface area contributed by atoms with Gasteiger partial charge in [0.15, 0.2) is 8.32 Å². The molecule has 6 heteroatoms. The third kappa shape index (κ3) is 8.34. The van der Waals surface area contributed by atoms with Gasteiger partial charge in [-0.1, -0.05) is 26.8 Å². The molecule has 0 bridgehead atoms. The van der Waals surface area contributed by atoms with Gasteiger partial charge in [-0.15, -0.1) is 0 Å². The highest BCUT2D eigenvalue weighted by Gasteiger charge is 2.37. The van der Waals surface area contributed by atoms with Crippen molar-refractivity contribution in [3.8, 4) is 0 Å². The molecule has 0 radical (unpaired) electrons. The number of hydrogen-bond acceptors (Lipinski definition) is 5. The van der Waals surface area contributed by atoms with E-state index in [1.54, 1.807) is 13.0 Å². The Morgan fingerprint density at radius 2 is 1.82 bits per heavy atom. The first-order valence-electron chi connectivity index (χ1n) is 7.64. The average Bonchev–Trinajstić information content (AvgIpc) is 2.34. The van der Waals surface area contributed by atoms with Crippen LogP contribution in [0.5, 0.6) is 0 Å². The lowest BCUT2D eigenvalue weighted by molar-refractivity contribution is -0.147. The zero-order valence-corrected chi connectivity index (χ0v) is 15.9. The van der Waals surface area contributed by atoms with E-state index in [2.05, 4.69) is 33.9 Å². The fourth-order valence-corrected chi connectivity index (χ4v) is 2.44. The van der Waals surface area contributed by atoms with Gasteiger partial charge < -0.3 is 13.9 Å². The number of hydrogen-bond donors (Lipinski definition) is 0. The Hall–Kier alpha value is -1.14. The predicted molar refractivity (Wildman–Crippen MR) is 89.1 cm³/mol. The Balaban J connectivity index is 4.60. The number of ether oxygens (including phenoxy) is 2. The van der Waals surface area contributed by atoms with E-state index in [1.807, 2.05) is 0 Å². The second-order valence-corrected chi connectivity index (χ2v) is 11.5. The lowest BCUT2D eigenvalue weighted by atomic mass is 10.2. The van der Waals surface area contributed by atoms with Crippen LogP contribution < -0.4 is 0 Å². The molecular formula is C16H30O5Si. The summed E-state index contributed by atoms with van der Waals surface area (Å²) in [6.07, 6.45) is 3.04. The lowest BCUT2D eigenvalue weighted by Crippen LogP contribution is -2.43. The minimum Gasteiger partial charge on any atom is -0.463 e. The van der Waals surface area contributed by atoms with Crippen LogP contribution in [-0.4, -0.2) is 39.6 Å². The molecule has 1 unspecified atom stereocenters. The van der Waals surface area contributed by atoms with Crippen LogP contribution in [-0.2, 0) is 23.5 Å². The highest BCUT2D eigenvalue weighted by Crippen LogP contribution is 2.36. The molecule has 0 fully saturated rings. The maximum absolute atomic E-state index is 11.3. The first kappa shape index (κ1) is 20.9. The second kappa shape index (κ2) is 9.10. The van der Waals surface area contributed by atoms with E-state index >= 15 is 0 Å². The summed E-state index contributed by atoms with van der Waals surface area (Å²) in [7, 11) is -1.90. The Labute approximate surface area is 135 Å². The van der Waals surface area contributed by atoms with E-state index in [1.165, 1.54) is 13.0 Å². The van der Waals surface area contributed by atoms with Crippen molar-refractivity contribution in [1.82, 2.24) is 0 Å². The van der Waals surface area contributed by atoms with Crippen LogP contribution in [0, 0.1) is 0 Å². The molecule has 0 heterocycles. The van der Waals surface area contributed by atoms with Gasteiger partial charge in [0, 0.05) is 19.4 Å². The van der Waals surface area contributed by atoms with Crippen molar-refractivity contribution >= 4 is 20.3 Å². The van der Waals surface area contributed by atoms with Gasteiger partial charge in [-0.25, -0.2) is 4.79 Å². The molecule has 5 nitrogen and oxygen atoms in total. The number of esters is 2. The molecule has 0 aromatic carbocycles. The Kier molecular flexibility index (Phi) is 8.63. The summed E-state index contributed by atoms with van der Waals surface area (Å²) in [5.41, 5.74) is 0. The lowest BCUT2D eigenvalue weighted by Gasteiger charge is -2.37. The first-order chi connectivity index (χ1) is 9.99. The van der Waals surface area contributed by atoms with E-state index in [0.29, 0.717) is 19.6 Å². The van der Waals surface area contributed by atoms with E-state index in [4.69, 9.17) is 13.9 Å². The molecule has 0 aliphatic heterocycles. The number of carbonyl (C=O) groups is 2. The Bertz CT molecular complexity index is 396. The normalized spacial score (nSPS) is 14.0. The highest BCUT2D eigenvalue weighted by atomic mass is 28.4. The summed E-state index contributed by atoms with van der Waals surface area (Å²) in [4.78, 5) is 22.4. The quantitative estimate of drug-likeness (QED) is 0.387. The van der Waals surface area contributed by atoms with Crippen molar-refractivity contribution in [3.05, 3.63) is 12.2 Å².